The number of hydrogen-bond donors (Lipinski definition) is 2. The number of benzene rings is 1. The third-order valence-corrected chi connectivity index (χ3v) is 4.97. The molecule has 0 bridgehead atoms. The lowest BCUT2D eigenvalue weighted by atomic mass is 9.88. The number of hydrogen-bond acceptors (Lipinski definition) is 3. The first kappa shape index (κ1) is 14.2. The molecule has 2 N–H and O–H groups in total. The van der Waals surface area contributed by atoms with E-state index in [9.17, 15) is 5.11 Å². The minimum absolute atomic E-state index is 0.131. The first-order valence-electron chi connectivity index (χ1n) is 6.37. The normalized spacial score (nSPS) is 19.3. The number of alkyl halides is 1. The average Bonchev–Trinajstić information content (AvgIpc) is 2.82. The van der Waals surface area contributed by atoms with Crippen LogP contribution in [0, 0.1) is 0 Å². The second-order valence-electron chi connectivity index (χ2n) is 4.83. The molecule has 1 aromatic rings. The highest BCUT2D eigenvalue weighted by Crippen LogP contribution is 2.35. The minimum atomic E-state index is -0.935. The van der Waals surface area contributed by atoms with Gasteiger partial charge in [-0.3, -0.25) is 0 Å². The summed E-state index contributed by atoms with van der Waals surface area (Å²) in [6, 6.07) is 6.15. The largest absolute Gasteiger partial charge is 0.384 e. The van der Waals surface area contributed by atoms with Gasteiger partial charge in [-0.25, -0.2) is 0 Å². The highest BCUT2D eigenvalue weighted by Gasteiger charge is 2.33. The standard InChI is InChI=1S/C14H20ClNOS/c1-3-16-13(9-15)14(2,17)11-5-4-10-6-7-18-12(10)8-11/h4-5,8,13,16-17H,3,6-7,9H2,1-2H3. The van der Waals surface area contributed by atoms with Gasteiger partial charge in [-0.15, -0.1) is 23.4 Å². The SMILES string of the molecule is CCNC(CCl)C(C)(O)c1ccc2c(c1)SCC2. The van der Waals surface area contributed by atoms with Gasteiger partial charge >= 0.3 is 0 Å². The highest BCUT2D eigenvalue weighted by atomic mass is 35.5. The summed E-state index contributed by atoms with van der Waals surface area (Å²) in [6.07, 6.45) is 1.13. The Bertz CT molecular complexity index is 422. The van der Waals surface area contributed by atoms with Gasteiger partial charge in [-0.2, -0.15) is 0 Å². The molecular formula is C14H20ClNOS. The molecule has 1 aliphatic rings. The molecule has 0 aromatic heterocycles. The maximum atomic E-state index is 10.8. The Labute approximate surface area is 118 Å². The van der Waals surface area contributed by atoms with Gasteiger partial charge < -0.3 is 10.4 Å². The van der Waals surface area contributed by atoms with E-state index in [0.717, 1.165) is 24.3 Å². The molecule has 1 aliphatic heterocycles. The summed E-state index contributed by atoms with van der Waals surface area (Å²) in [5.41, 5.74) is 1.41. The van der Waals surface area contributed by atoms with Gasteiger partial charge in [0.1, 0.15) is 5.60 Å². The van der Waals surface area contributed by atoms with Crippen molar-refractivity contribution in [1.29, 1.82) is 0 Å². The third-order valence-electron chi connectivity index (χ3n) is 3.56. The molecule has 0 saturated heterocycles. The van der Waals surface area contributed by atoms with E-state index in [-0.39, 0.29) is 6.04 Å². The molecule has 0 amide bonds. The molecule has 0 fully saturated rings. The Morgan fingerprint density at radius 3 is 3.00 bits per heavy atom. The Balaban J connectivity index is 2.28. The Hall–Kier alpha value is -0.220. The van der Waals surface area contributed by atoms with Crippen LogP contribution in [0.15, 0.2) is 23.1 Å². The van der Waals surface area contributed by atoms with Gasteiger partial charge in [-0.05, 0) is 37.1 Å². The number of nitrogens with one attached hydrogen (secondary N) is 1. The number of thioether (sulfide) groups is 1. The molecule has 18 heavy (non-hydrogen) atoms. The van der Waals surface area contributed by atoms with E-state index in [4.69, 9.17) is 11.6 Å². The van der Waals surface area contributed by atoms with E-state index in [0.29, 0.717) is 5.88 Å². The van der Waals surface area contributed by atoms with Crippen LogP contribution in [-0.4, -0.2) is 29.3 Å². The van der Waals surface area contributed by atoms with E-state index >= 15 is 0 Å². The zero-order valence-corrected chi connectivity index (χ0v) is 12.4. The lowest BCUT2D eigenvalue weighted by molar-refractivity contribution is 0.0232. The number of aliphatic hydroxyl groups is 1. The van der Waals surface area contributed by atoms with Crippen LogP contribution >= 0.6 is 23.4 Å². The van der Waals surface area contributed by atoms with Crippen molar-refractivity contribution < 1.29 is 5.11 Å². The first-order chi connectivity index (χ1) is 8.59. The predicted molar refractivity (Wildman–Crippen MR) is 78.6 cm³/mol. The Morgan fingerprint density at radius 1 is 1.56 bits per heavy atom. The monoisotopic (exact) mass is 285 g/mol. The van der Waals surface area contributed by atoms with Crippen molar-refractivity contribution >= 4 is 23.4 Å². The predicted octanol–water partition coefficient (Wildman–Crippen LogP) is 2.76. The van der Waals surface area contributed by atoms with Crippen LogP contribution in [0.25, 0.3) is 0 Å². The molecule has 0 radical (unpaired) electrons. The summed E-state index contributed by atoms with van der Waals surface area (Å²) in [5, 5.41) is 14.0. The van der Waals surface area contributed by atoms with E-state index in [1.165, 1.54) is 10.5 Å². The summed E-state index contributed by atoms with van der Waals surface area (Å²) < 4.78 is 0. The second-order valence-corrected chi connectivity index (χ2v) is 6.28. The van der Waals surface area contributed by atoms with Crippen LogP contribution in [0.1, 0.15) is 25.0 Å². The summed E-state index contributed by atoms with van der Waals surface area (Å²) in [5.74, 6) is 1.54. The van der Waals surface area contributed by atoms with Crippen molar-refractivity contribution in [2.24, 2.45) is 0 Å². The molecule has 1 aromatic carbocycles. The number of fused-ring (bicyclic) bond motifs is 1. The molecular weight excluding hydrogens is 266 g/mol. The lowest BCUT2D eigenvalue weighted by Gasteiger charge is -2.33. The van der Waals surface area contributed by atoms with Crippen molar-refractivity contribution in [3.05, 3.63) is 29.3 Å². The van der Waals surface area contributed by atoms with E-state index in [1.54, 1.807) is 0 Å². The number of halogens is 1. The molecule has 4 heteroatoms. The van der Waals surface area contributed by atoms with Crippen LogP contribution in [0.4, 0.5) is 0 Å². The molecule has 100 valence electrons. The molecule has 2 unspecified atom stereocenters. The fourth-order valence-corrected chi connectivity index (χ4v) is 3.85. The molecule has 2 atom stereocenters. The van der Waals surface area contributed by atoms with Crippen LogP contribution in [-0.2, 0) is 12.0 Å². The maximum Gasteiger partial charge on any atom is 0.103 e. The minimum Gasteiger partial charge on any atom is -0.384 e. The molecule has 2 rings (SSSR count). The van der Waals surface area contributed by atoms with Crippen LogP contribution in [0.3, 0.4) is 0 Å². The van der Waals surface area contributed by atoms with Gasteiger partial charge in [0, 0.05) is 16.5 Å². The van der Waals surface area contributed by atoms with Gasteiger partial charge in [0.15, 0.2) is 0 Å². The van der Waals surface area contributed by atoms with Gasteiger partial charge in [0.05, 0.1) is 6.04 Å². The quantitative estimate of drug-likeness (QED) is 0.816. The Morgan fingerprint density at radius 2 is 2.33 bits per heavy atom. The van der Waals surface area contributed by atoms with Gasteiger partial charge in [0.25, 0.3) is 0 Å². The van der Waals surface area contributed by atoms with Crippen molar-refractivity contribution in [3.63, 3.8) is 0 Å². The topological polar surface area (TPSA) is 32.3 Å². The smallest absolute Gasteiger partial charge is 0.103 e. The van der Waals surface area contributed by atoms with E-state index in [1.807, 2.05) is 31.7 Å². The average molecular weight is 286 g/mol. The number of rotatable bonds is 5. The molecule has 2 nitrogen and oxygen atoms in total. The number of aryl methyl sites for hydroxylation is 1. The fourth-order valence-electron chi connectivity index (χ4n) is 2.33. The molecule has 0 aliphatic carbocycles. The van der Waals surface area contributed by atoms with Crippen LogP contribution in [0.5, 0.6) is 0 Å². The third kappa shape index (κ3) is 2.69. The van der Waals surface area contributed by atoms with Gasteiger partial charge in [0.2, 0.25) is 0 Å². The zero-order valence-electron chi connectivity index (χ0n) is 10.9. The van der Waals surface area contributed by atoms with E-state index < -0.39 is 5.60 Å². The maximum absolute atomic E-state index is 10.8. The first-order valence-corrected chi connectivity index (χ1v) is 7.89. The highest BCUT2D eigenvalue weighted by molar-refractivity contribution is 7.99. The molecule has 0 spiro atoms. The zero-order chi connectivity index (χ0) is 13.2. The second kappa shape index (κ2) is 5.83. The Kier molecular flexibility index (Phi) is 4.59. The summed E-state index contributed by atoms with van der Waals surface area (Å²) in [7, 11) is 0. The van der Waals surface area contributed by atoms with Gasteiger partial charge in [-0.1, -0.05) is 19.1 Å². The lowest BCUT2D eigenvalue weighted by Crippen LogP contribution is -2.48. The van der Waals surface area contributed by atoms with Crippen molar-refractivity contribution in [2.45, 2.75) is 36.8 Å². The molecule has 0 saturated carbocycles. The van der Waals surface area contributed by atoms with Crippen molar-refractivity contribution in [2.75, 3.05) is 18.2 Å². The summed E-state index contributed by atoms with van der Waals surface area (Å²) in [6.45, 7) is 4.66. The summed E-state index contributed by atoms with van der Waals surface area (Å²) in [4.78, 5) is 1.30. The van der Waals surface area contributed by atoms with Crippen LogP contribution in [0.2, 0.25) is 0 Å². The van der Waals surface area contributed by atoms with Crippen LogP contribution < -0.4 is 5.32 Å². The van der Waals surface area contributed by atoms with E-state index in [2.05, 4.69) is 17.4 Å². The molecule has 1 heterocycles. The number of likely N-dealkylation sites (N-methyl/N-ethyl adjacent to an activating group) is 1. The van der Waals surface area contributed by atoms with Crippen molar-refractivity contribution in [3.8, 4) is 0 Å². The fraction of sp³-hybridized carbons (Fsp3) is 0.571. The summed E-state index contributed by atoms with van der Waals surface area (Å²) >= 11 is 7.84. The van der Waals surface area contributed by atoms with Crippen molar-refractivity contribution in [1.82, 2.24) is 5.32 Å².